The second-order valence-electron chi connectivity index (χ2n) is 8.10. The molecule has 0 aliphatic carbocycles. The zero-order chi connectivity index (χ0) is 20.7. The third-order valence-corrected chi connectivity index (χ3v) is 6.25. The maximum Gasteiger partial charge on any atom is 0.220 e. The Kier molecular flexibility index (Phi) is 5.13. The van der Waals surface area contributed by atoms with Crippen LogP contribution in [0.15, 0.2) is 42.6 Å². The van der Waals surface area contributed by atoms with E-state index in [2.05, 4.69) is 16.3 Å². The summed E-state index contributed by atoms with van der Waals surface area (Å²) < 4.78 is 21.6. The summed E-state index contributed by atoms with van der Waals surface area (Å²) in [6, 6.07) is 10.7. The summed E-state index contributed by atoms with van der Waals surface area (Å²) in [5.74, 6) is 1.09. The number of carbonyl (C=O) groups is 1. The Labute approximate surface area is 179 Å². The van der Waals surface area contributed by atoms with Crippen LogP contribution in [0.5, 0.6) is 5.75 Å². The van der Waals surface area contributed by atoms with E-state index in [1.807, 2.05) is 22.9 Å². The molecular weight excluding hydrogens is 405 g/mol. The van der Waals surface area contributed by atoms with Crippen LogP contribution < -0.4 is 10.1 Å². The molecule has 1 aromatic heterocycles. The predicted molar refractivity (Wildman–Crippen MR) is 115 cm³/mol. The smallest absolute Gasteiger partial charge is 0.220 e. The molecule has 0 saturated carbocycles. The number of benzene rings is 2. The van der Waals surface area contributed by atoms with E-state index in [1.165, 1.54) is 12.1 Å². The Morgan fingerprint density at radius 1 is 1.23 bits per heavy atom. The van der Waals surface area contributed by atoms with E-state index in [9.17, 15) is 9.18 Å². The number of hydrogen-bond acceptors (Lipinski definition) is 3. The molecule has 1 N–H and O–H groups in total. The van der Waals surface area contributed by atoms with Gasteiger partial charge in [-0.2, -0.15) is 0 Å². The average Bonchev–Trinajstić information content (AvgIpc) is 3.02. The number of nitrogens with zero attached hydrogens (tertiary/aromatic N) is 2. The molecule has 1 atom stereocenters. The number of halogens is 2. The van der Waals surface area contributed by atoms with Gasteiger partial charge in [0.25, 0.3) is 0 Å². The van der Waals surface area contributed by atoms with Crippen LogP contribution in [-0.2, 0) is 11.3 Å². The Morgan fingerprint density at radius 2 is 2.13 bits per heavy atom. The van der Waals surface area contributed by atoms with E-state index in [1.54, 1.807) is 6.07 Å². The molecule has 1 unspecified atom stereocenters. The van der Waals surface area contributed by atoms with E-state index < -0.39 is 0 Å². The number of nitrogens with one attached hydrogen (secondary N) is 1. The molecule has 3 heterocycles. The standard InChI is InChI=1S/C23H23ClFN3O2/c24-20-11-19(28-6-5-16-9-18(25)2-3-21(16)28)10-17-14-27(7-8-30-23(17)20)13-15-1-4-22(29)26-12-15/h2-3,5-6,9-11,15H,1,4,7-8,12-14H2,(H,26,29). The number of fused-ring (bicyclic) bond motifs is 2. The van der Waals surface area contributed by atoms with Crippen LogP contribution in [0.1, 0.15) is 18.4 Å². The van der Waals surface area contributed by atoms with Crippen LogP contribution in [0.2, 0.25) is 5.02 Å². The number of piperidine rings is 1. The zero-order valence-electron chi connectivity index (χ0n) is 16.5. The summed E-state index contributed by atoms with van der Waals surface area (Å²) in [6.45, 7) is 3.78. The number of rotatable bonds is 3. The van der Waals surface area contributed by atoms with Gasteiger partial charge in [-0.25, -0.2) is 4.39 Å². The topological polar surface area (TPSA) is 46.5 Å². The summed E-state index contributed by atoms with van der Waals surface area (Å²) in [5.41, 5.74) is 2.89. The second kappa shape index (κ2) is 7.93. The molecule has 5 nitrogen and oxygen atoms in total. The molecular formula is C23H23ClFN3O2. The van der Waals surface area contributed by atoms with Crippen molar-refractivity contribution in [1.29, 1.82) is 0 Å². The van der Waals surface area contributed by atoms with Gasteiger partial charge in [0.2, 0.25) is 5.91 Å². The highest BCUT2D eigenvalue weighted by Crippen LogP contribution is 2.35. The molecule has 0 bridgehead atoms. The molecule has 7 heteroatoms. The van der Waals surface area contributed by atoms with Gasteiger partial charge in [-0.15, -0.1) is 0 Å². The minimum atomic E-state index is -0.247. The highest BCUT2D eigenvalue weighted by molar-refractivity contribution is 6.32. The highest BCUT2D eigenvalue weighted by atomic mass is 35.5. The van der Waals surface area contributed by atoms with Crippen molar-refractivity contribution in [3.05, 3.63) is 59.0 Å². The zero-order valence-corrected chi connectivity index (χ0v) is 17.3. The van der Waals surface area contributed by atoms with Crippen molar-refractivity contribution in [2.45, 2.75) is 19.4 Å². The Balaban J connectivity index is 1.44. The Hall–Kier alpha value is -2.57. The van der Waals surface area contributed by atoms with Crippen molar-refractivity contribution in [1.82, 2.24) is 14.8 Å². The molecule has 1 fully saturated rings. The van der Waals surface area contributed by atoms with Crippen LogP contribution in [0.25, 0.3) is 16.6 Å². The molecule has 0 radical (unpaired) electrons. The first-order valence-corrected chi connectivity index (χ1v) is 10.7. The molecule has 1 saturated heterocycles. The van der Waals surface area contributed by atoms with Gasteiger partial charge in [0.05, 0.1) is 10.5 Å². The molecule has 2 aliphatic rings. The minimum absolute atomic E-state index is 0.144. The van der Waals surface area contributed by atoms with E-state index in [0.717, 1.165) is 60.5 Å². The van der Waals surface area contributed by atoms with Crippen LogP contribution in [0, 0.1) is 11.7 Å². The second-order valence-corrected chi connectivity index (χ2v) is 8.50. The quantitative estimate of drug-likeness (QED) is 0.683. The van der Waals surface area contributed by atoms with Crippen molar-refractivity contribution >= 4 is 28.4 Å². The highest BCUT2D eigenvalue weighted by Gasteiger charge is 2.24. The fraction of sp³-hybridized carbons (Fsp3) is 0.348. The van der Waals surface area contributed by atoms with Crippen LogP contribution in [0.4, 0.5) is 4.39 Å². The van der Waals surface area contributed by atoms with Crippen LogP contribution >= 0.6 is 11.6 Å². The minimum Gasteiger partial charge on any atom is -0.490 e. The van der Waals surface area contributed by atoms with Gasteiger partial charge < -0.3 is 14.6 Å². The van der Waals surface area contributed by atoms with Crippen LogP contribution in [-0.4, -0.2) is 41.6 Å². The number of amides is 1. The lowest BCUT2D eigenvalue weighted by atomic mass is 9.98. The molecule has 2 aromatic carbocycles. The molecule has 2 aliphatic heterocycles. The molecule has 30 heavy (non-hydrogen) atoms. The van der Waals surface area contributed by atoms with Gasteiger partial charge in [0, 0.05) is 55.4 Å². The Morgan fingerprint density at radius 3 is 2.97 bits per heavy atom. The SMILES string of the molecule is O=C1CCC(CN2CCOc3c(Cl)cc(-n4ccc5cc(F)ccc54)cc3C2)CN1. The largest absolute Gasteiger partial charge is 0.490 e. The lowest BCUT2D eigenvalue weighted by molar-refractivity contribution is -0.123. The molecule has 3 aromatic rings. The van der Waals surface area contributed by atoms with Crippen molar-refractivity contribution in [3.63, 3.8) is 0 Å². The van der Waals surface area contributed by atoms with Gasteiger partial charge in [-0.3, -0.25) is 9.69 Å². The van der Waals surface area contributed by atoms with Gasteiger partial charge >= 0.3 is 0 Å². The fourth-order valence-electron chi connectivity index (χ4n) is 4.45. The fourth-order valence-corrected chi connectivity index (χ4v) is 4.74. The van der Waals surface area contributed by atoms with Crippen molar-refractivity contribution in [3.8, 4) is 11.4 Å². The first kappa shape index (κ1) is 19.4. The summed E-state index contributed by atoms with van der Waals surface area (Å²) in [5, 5.41) is 4.39. The number of carbonyl (C=O) groups excluding carboxylic acids is 1. The molecule has 1 amide bonds. The van der Waals surface area contributed by atoms with Gasteiger partial charge in [0.15, 0.2) is 0 Å². The molecule has 5 rings (SSSR count). The van der Waals surface area contributed by atoms with Crippen molar-refractivity contribution in [2.75, 3.05) is 26.2 Å². The number of ether oxygens (including phenoxy) is 1. The summed E-state index contributed by atoms with van der Waals surface area (Å²) in [4.78, 5) is 13.8. The van der Waals surface area contributed by atoms with Gasteiger partial charge in [-0.1, -0.05) is 11.6 Å². The monoisotopic (exact) mass is 427 g/mol. The summed E-state index contributed by atoms with van der Waals surface area (Å²) in [6.07, 6.45) is 3.45. The lowest BCUT2D eigenvalue weighted by Gasteiger charge is -2.28. The first-order valence-electron chi connectivity index (χ1n) is 10.3. The summed E-state index contributed by atoms with van der Waals surface area (Å²) >= 11 is 6.60. The lowest BCUT2D eigenvalue weighted by Crippen LogP contribution is -2.41. The van der Waals surface area contributed by atoms with E-state index in [4.69, 9.17) is 16.3 Å². The first-order chi connectivity index (χ1) is 14.6. The predicted octanol–water partition coefficient (Wildman–Crippen LogP) is 4.14. The maximum absolute atomic E-state index is 13.6. The molecule has 0 spiro atoms. The summed E-state index contributed by atoms with van der Waals surface area (Å²) in [7, 11) is 0. The van der Waals surface area contributed by atoms with Crippen molar-refractivity contribution in [2.24, 2.45) is 5.92 Å². The normalized spacial score (nSPS) is 19.8. The maximum atomic E-state index is 13.6. The van der Waals surface area contributed by atoms with Gasteiger partial charge in [-0.05, 0) is 48.7 Å². The van der Waals surface area contributed by atoms with E-state index in [0.29, 0.717) is 24.0 Å². The van der Waals surface area contributed by atoms with Gasteiger partial charge in [0.1, 0.15) is 18.2 Å². The van der Waals surface area contributed by atoms with Crippen molar-refractivity contribution < 1.29 is 13.9 Å². The Bertz CT molecular complexity index is 1100. The molecule has 156 valence electrons. The van der Waals surface area contributed by atoms with Crippen LogP contribution in [0.3, 0.4) is 0 Å². The third kappa shape index (κ3) is 3.77. The average molecular weight is 428 g/mol. The number of aromatic nitrogens is 1. The number of hydrogen-bond donors (Lipinski definition) is 1. The van der Waals surface area contributed by atoms with E-state index in [-0.39, 0.29) is 11.7 Å². The van der Waals surface area contributed by atoms with E-state index >= 15 is 0 Å². The third-order valence-electron chi connectivity index (χ3n) is 5.97.